The largest absolute Gasteiger partial charge is 0.507 e. The molecule has 1 fully saturated rings. The molecule has 16 heavy (non-hydrogen) atoms. The van der Waals surface area contributed by atoms with Gasteiger partial charge in [-0.05, 0) is 19.9 Å². The summed E-state index contributed by atoms with van der Waals surface area (Å²) in [6, 6.07) is 0. The summed E-state index contributed by atoms with van der Waals surface area (Å²) in [5.74, 6) is -3.49. The molecule has 0 aromatic heterocycles. The molecule has 0 atom stereocenters. The number of cyclic esters (lactones) is 2. The summed E-state index contributed by atoms with van der Waals surface area (Å²) < 4.78 is 9.66. The lowest BCUT2D eigenvalue weighted by molar-refractivity contribution is -0.222. The summed E-state index contributed by atoms with van der Waals surface area (Å²) >= 11 is 0. The zero-order chi connectivity index (χ0) is 12.5. The standard InChI is InChI=1S/C11H14O5/c1-6(2)5-7(12)8-9(13)15-11(3,4)16-10(8)14/h5,12H,1-4H3. The lowest BCUT2D eigenvalue weighted by Crippen LogP contribution is -2.42. The van der Waals surface area contributed by atoms with E-state index in [4.69, 9.17) is 9.47 Å². The maximum Gasteiger partial charge on any atom is 0.352 e. The van der Waals surface area contributed by atoms with Gasteiger partial charge in [0, 0.05) is 13.8 Å². The molecule has 1 aliphatic heterocycles. The minimum atomic E-state index is -1.29. The van der Waals surface area contributed by atoms with Gasteiger partial charge >= 0.3 is 11.9 Å². The van der Waals surface area contributed by atoms with Crippen molar-refractivity contribution in [2.45, 2.75) is 33.5 Å². The Morgan fingerprint density at radius 1 is 1.19 bits per heavy atom. The predicted molar refractivity (Wildman–Crippen MR) is 55.3 cm³/mol. The molecule has 1 aliphatic rings. The van der Waals surface area contributed by atoms with Crippen LogP contribution in [0.5, 0.6) is 0 Å². The van der Waals surface area contributed by atoms with Gasteiger partial charge in [0.1, 0.15) is 5.76 Å². The van der Waals surface area contributed by atoms with Crippen LogP contribution in [0.2, 0.25) is 0 Å². The fraction of sp³-hybridized carbons (Fsp3) is 0.455. The normalized spacial score (nSPS) is 18.6. The monoisotopic (exact) mass is 226 g/mol. The SMILES string of the molecule is CC(C)=CC(O)=C1C(=O)OC(C)(C)OC1=O. The summed E-state index contributed by atoms with van der Waals surface area (Å²) in [4.78, 5) is 22.9. The number of esters is 2. The van der Waals surface area contributed by atoms with E-state index in [-0.39, 0.29) is 0 Å². The second-order valence-electron chi connectivity index (χ2n) is 4.16. The van der Waals surface area contributed by atoms with Crippen LogP contribution in [0, 0.1) is 0 Å². The van der Waals surface area contributed by atoms with Gasteiger partial charge in [-0.15, -0.1) is 0 Å². The van der Waals surface area contributed by atoms with Crippen LogP contribution < -0.4 is 0 Å². The third-order valence-electron chi connectivity index (χ3n) is 1.77. The van der Waals surface area contributed by atoms with E-state index in [1.807, 2.05) is 0 Å². The highest BCUT2D eigenvalue weighted by Crippen LogP contribution is 2.24. The van der Waals surface area contributed by atoms with Gasteiger partial charge in [0.2, 0.25) is 0 Å². The van der Waals surface area contributed by atoms with Crippen LogP contribution in [0.4, 0.5) is 0 Å². The van der Waals surface area contributed by atoms with Crippen LogP contribution >= 0.6 is 0 Å². The van der Waals surface area contributed by atoms with Crippen LogP contribution in [0.15, 0.2) is 23.0 Å². The van der Waals surface area contributed by atoms with E-state index in [1.54, 1.807) is 13.8 Å². The molecule has 1 saturated heterocycles. The first-order valence-corrected chi connectivity index (χ1v) is 4.78. The van der Waals surface area contributed by atoms with Crippen molar-refractivity contribution in [1.29, 1.82) is 0 Å². The van der Waals surface area contributed by atoms with Crippen LogP contribution in [0.3, 0.4) is 0 Å². The molecule has 0 radical (unpaired) electrons. The van der Waals surface area contributed by atoms with Gasteiger partial charge < -0.3 is 14.6 Å². The molecule has 1 N–H and O–H groups in total. The first-order chi connectivity index (χ1) is 7.23. The van der Waals surface area contributed by atoms with Gasteiger partial charge in [-0.25, -0.2) is 9.59 Å². The summed E-state index contributed by atoms with van der Waals surface area (Å²) in [6.45, 7) is 6.33. The molecule has 88 valence electrons. The van der Waals surface area contributed by atoms with Gasteiger partial charge in [0.15, 0.2) is 5.57 Å². The smallest absolute Gasteiger partial charge is 0.352 e. The molecule has 1 heterocycles. The summed E-state index contributed by atoms with van der Waals surface area (Å²) in [7, 11) is 0. The Bertz CT molecular complexity index is 375. The average Bonchev–Trinajstić information content (AvgIpc) is 1.96. The number of carbonyl (C=O) groups excluding carboxylic acids is 2. The second-order valence-corrected chi connectivity index (χ2v) is 4.16. The molecule has 0 aliphatic carbocycles. The number of carbonyl (C=O) groups is 2. The van der Waals surface area contributed by atoms with E-state index in [9.17, 15) is 14.7 Å². The number of rotatable bonds is 1. The van der Waals surface area contributed by atoms with Crippen molar-refractivity contribution in [2.75, 3.05) is 0 Å². The molecular formula is C11H14O5. The van der Waals surface area contributed by atoms with Gasteiger partial charge in [0.25, 0.3) is 5.79 Å². The van der Waals surface area contributed by atoms with Crippen molar-refractivity contribution in [1.82, 2.24) is 0 Å². The first-order valence-electron chi connectivity index (χ1n) is 4.78. The van der Waals surface area contributed by atoms with Crippen molar-refractivity contribution in [3.8, 4) is 0 Å². The zero-order valence-corrected chi connectivity index (χ0v) is 9.66. The highest BCUT2D eigenvalue weighted by atomic mass is 16.7. The van der Waals surface area contributed by atoms with Crippen LogP contribution in [-0.2, 0) is 19.1 Å². The molecule has 0 bridgehead atoms. The third-order valence-corrected chi connectivity index (χ3v) is 1.77. The number of allylic oxidation sites excluding steroid dienone is 2. The van der Waals surface area contributed by atoms with E-state index < -0.39 is 29.1 Å². The molecule has 5 heteroatoms. The molecule has 0 aromatic rings. The van der Waals surface area contributed by atoms with Crippen molar-refractivity contribution >= 4 is 11.9 Å². The van der Waals surface area contributed by atoms with E-state index in [0.29, 0.717) is 0 Å². The van der Waals surface area contributed by atoms with E-state index in [1.165, 1.54) is 19.9 Å². The Hall–Kier alpha value is -1.78. The zero-order valence-electron chi connectivity index (χ0n) is 9.66. The van der Waals surface area contributed by atoms with Crippen molar-refractivity contribution < 1.29 is 24.2 Å². The van der Waals surface area contributed by atoms with Crippen molar-refractivity contribution in [3.63, 3.8) is 0 Å². The van der Waals surface area contributed by atoms with Crippen LogP contribution in [-0.4, -0.2) is 22.8 Å². The molecule has 0 amide bonds. The molecule has 0 unspecified atom stereocenters. The highest BCUT2D eigenvalue weighted by molar-refractivity contribution is 6.16. The average molecular weight is 226 g/mol. The minimum Gasteiger partial charge on any atom is -0.507 e. The Labute approximate surface area is 93.3 Å². The Morgan fingerprint density at radius 3 is 2.00 bits per heavy atom. The minimum absolute atomic E-state index is 0.439. The lowest BCUT2D eigenvalue weighted by atomic mass is 10.1. The molecule has 0 spiro atoms. The lowest BCUT2D eigenvalue weighted by Gasteiger charge is -2.29. The molecule has 1 rings (SSSR count). The number of ether oxygens (including phenoxy) is 2. The molecular weight excluding hydrogens is 212 g/mol. The summed E-state index contributed by atoms with van der Waals surface area (Å²) in [6.07, 6.45) is 1.30. The Morgan fingerprint density at radius 2 is 1.62 bits per heavy atom. The van der Waals surface area contributed by atoms with Gasteiger partial charge in [-0.1, -0.05) is 5.57 Å². The van der Waals surface area contributed by atoms with Crippen molar-refractivity contribution in [2.24, 2.45) is 0 Å². The van der Waals surface area contributed by atoms with Gasteiger partial charge in [-0.3, -0.25) is 0 Å². The fourth-order valence-electron chi connectivity index (χ4n) is 1.21. The van der Waals surface area contributed by atoms with E-state index in [0.717, 1.165) is 5.57 Å². The van der Waals surface area contributed by atoms with Crippen molar-refractivity contribution in [3.05, 3.63) is 23.0 Å². The number of hydrogen-bond donors (Lipinski definition) is 1. The summed E-state index contributed by atoms with van der Waals surface area (Å²) in [5, 5.41) is 9.56. The summed E-state index contributed by atoms with van der Waals surface area (Å²) in [5.41, 5.74) is 0.274. The third kappa shape index (κ3) is 2.62. The first kappa shape index (κ1) is 12.3. The quantitative estimate of drug-likeness (QED) is 0.318. The predicted octanol–water partition coefficient (Wildman–Crippen LogP) is 1.60. The maximum absolute atomic E-state index is 11.5. The maximum atomic E-state index is 11.5. The topological polar surface area (TPSA) is 72.8 Å². The van der Waals surface area contributed by atoms with Crippen LogP contribution in [0.25, 0.3) is 0 Å². The fourth-order valence-corrected chi connectivity index (χ4v) is 1.21. The highest BCUT2D eigenvalue weighted by Gasteiger charge is 2.40. The molecule has 0 aromatic carbocycles. The van der Waals surface area contributed by atoms with E-state index >= 15 is 0 Å². The number of hydrogen-bond acceptors (Lipinski definition) is 5. The number of aliphatic hydroxyl groups is 1. The van der Waals surface area contributed by atoms with Gasteiger partial charge in [-0.2, -0.15) is 0 Å². The Balaban J connectivity index is 3.13. The molecule has 0 saturated carbocycles. The number of aliphatic hydroxyl groups excluding tert-OH is 1. The van der Waals surface area contributed by atoms with Crippen LogP contribution in [0.1, 0.15) is 27.7 Å². The molecule has 5 nitrogen and oxygen atoms in total. The second kappa shape index (κ2) is 4.00. The Kier molecular flexibility index (Phi) is 3.07. The van der Waals surface area contributed by atoms with Gasteiger partial charge in [0.05, 0.1) is 0 Å². The van der Waals surface area contributed by atoms with E-state index in [2.05, 4.69) is 0 Å².